The Morgan fingerprint density at radius 1 is 1.11 bits per heavy atom. The van der Waals surface area contributed by atoms with Gasteiger partial charge in [0.25, 0.3) is 0 Å². The number of hydrogen-bond acceptors (Lipinski definition) is 6. The lowest BCUT2D eigenvalue weighted by Crippen LogP contribution is -2.39. The number of benzene rings is 2. The highest BCUT2D eigenvalue weighted by Crippen LogP contribution is 2.29. The molecule has 1 aliphatic rings. The van der Waals surface area contributed by atoms with Crippen molar-refractivity contribution in [3.8, 4) is 22.7 Å². The normalized spacial score (nSPS) is 16.0. The van der Waals surface area contributed by atoms with E-state index in [0.29, 0.717) is 36.3 Å². The van der Waals surface area contributed by atoms with Gasteiger partial charge >= 0.3 is 0 Å². The first-order chi connectivity index (χ1) is 17.0. The van der Waals surface area contributed by atoms with Gasteiger partial charge in [-0.1, -0.05) is 17.3 Å². The fourth-order valence-electron chi connectivity index (χ4n) is 4.16. The molecule has 3 heterocycles. The standard InChI is InChI=1S/C25H21F3N4O3/c26-17-5-1-3-15(11-17)24-30-25(35-31-24)16-4-2-10-32(14-16)23(33)9-8-22-29-13-21(34-22)19-7-6-18(27)12-20(19)28/h1,3,5-7,11-13,16H,2,4,8-10,14H2. The van der Waals surface area contributed by atoms with E-state index in [2.05, 4.69) is 15.1 Å². The molecule has 1 unspecified atom stereocenters. The summed E-state index contributed by atoms with van der Waals surface area (Å²) in [4.78, 5) is 23.1. The van der Waals surface area contributed by atoms with E-state index >= 15 is 0 Å². The molecule has 0 aliphatic carbocycles. The molecule has 1 atom stereocenters. The Morgan fingerprint density at radius 2 is 1.97 bits per heavy atom. The second-order valence-corrected chi connectivity index (χ2v) is 8.39. The molecule has 10 heteroatoms. The number of likely N-dealkylation sites (tertiary alicyclic amines) is 1. The van der Waals surface area contributed by atoms with Crippen LogP contribution in [0.5, 0.6) is 0 Å². The molecule has 7 nitrogen and oxygen atoms in total. The lowest BCUT2D eigenvalue weighted by molar-refractivity contribution is -0.132. The highest BCUT2D eigenvalue weighted by Gasteiger charge is 2.29. The zero-order valence-electron chi connectivity index (χ0n) is 18.6. The molecule has 1 fully saturated rings. The molecule has 0 radical (unpaired) electrons. The van der Waals surface area contributed by atoms with Crippen LogP contribution in [0, 0.1) is 17.5 Å². The van der Waals surface area contributed by atoms with Crippen molar-refractivity contribution < 1.29 is 26.9 Å². The first-order valence-corrected chi connectivity index (χ1v) is 11.2. The largest absolute Gasteiger partial charge is 0.441 e. The van der Waals surface area contributed by atoms with Crippen molar-refractivity contribution in [2.75, 3.05) is 13.1 Å². The molecule has 0 bridgehead atoms. The topological polar surface area (TPSA) is 85.3 Å². The second kappa shape index (κ2) is 9.73. The molecular formula is C25H21F3N4O3. The third kappa shape index (κ3) is 5.11. The molecule has 35 heavy (non-hydrogen) atoms. The Morgan fingerprint density at radius 3 is 2.80 bits per heavy atom. The second-order valence-electron chi connectivity index (χ2n) is 8.39. The molecule has 1 amide bonds. The van der Waals surface area contributed by atoms with E-state index in [0.717, 1.165) is 25.0 Å². The van der Waals surface area contributed by atoms with Crippen LogP contribution in [0.1, 0.15) is 37.0 Å². The van der Waals surface area contributed by atoms with Crippen LogP contribution in [-0.2, 0) is 11.2 Å². The number of oxazole rings is 1. The number of rotatable bonds is 6. The van der Waals surface area contributed by atoms with E-state index in [-0.39, 0.29) is 41.8 Å². The summed E-state index contributed by atoms with van der Waals surface area (Å²) in [6.07, 6.45) is 3.34. The number of piperidine rings is 1. The van der Waals surface area contributed by atoms with Gasteiger partial charge < -0.3 is 13.8 Å². The smallest absolute Gasteiger partial charge is 0.231 e. The van der Waals surface area contributed by atoms with Crippen molar-refractivity contribution in [2.24, 2.45) is 0 Å². The van der Waals surface area contributed by atoms with E-state index in [1.165, 1.54) is 24.4 Å². The Bertz CT molecular complexity index is 1350. The first kappa shape index (κ1) is 22.8. The minimum Gasteiger partial charge on any atom is -0.441 e. The van der Waals surface area contributed by atoms with Crippen LogP contribution >= 0.6 is 0 Å². The Labute approximate surface area is 198 Å². The van der Waals surface area contributed by atoms with Crippen LogP contribution in [0.4, 0.5) is 13.2 Å². The summed E-state index contributed by atoms with van der Waals surface area (Å²) in [5, 5.41) is 3.96. The quantitative estimate of drug-likeness (QED) is 0.378. The van der Waals surface area contributed by atoms with Crippen molar-refractivity contribution in [2.45, 2.75) is 31.6 Å². The molecule has 1 saturated heterocycles. The fraction of sp³-hybridized carbons (Fsp3) is 0.280. The number of carbonyl (C=O) groups excluding carboxylic acids is 1. The van der Waals surface area contributed by atoms with Crippen LogP contribution in [0.2, 0.25) is 0 Å². The molecule has 2 aromatic heterocycles. The summed E-state index contributed by atoms with van der Waals surface area (Å²) in [5.74, 6) is -0.808. The number of aryl methyl sites for hydroxylation is 1. The van der Waals surface area contributed by atoms with Crippen LogP contribution in [-0.4, -0.2) is 39.0 Å². The number of nitrogens with zero attached hydrogens (tertiary/aromatic N) is 4. The SMILES string of the molecule is O=C(CCc1ncc(-c2ccc(F)cc2F)o1)N1CCCC(c2nc(-c3cccc(F)c3)no2)C1. The Kier molecular flexibility index (Phi) is 6.35. The Hall–Kier alpha value is -3.95. The average Bonchev–Trinajstić information content (AvgIpc) is 3.53. The number of carbonyl (C=O) groups is 1. The molecule has 1 aliphatic heterocycles. The monoisotopic (exact) mass is 482 g/mol. The molecule has 0 spiro atoms. The summed E-state index contributed by atoms with van der Waals surface area (Å²) in [5.41, 5.74) is 0.627. The maximum atomic E-state index is 14.0. The van der Waals surface area contributed by atoms with Crippen molar-refractivity contribution in [3.63, 3.8) is 0 Å². The number of amides is 1. The van der Waals surface area contributed by atoms with Gasteiger partial charge in [0.2, 0.25) is 17.6 Å². The molecule has 4 aromatic rings. The van der Waals surface area contributed by atoms with Gasteiger partial charge in [-0.25, -0.2) is 18.2 Å². The van der Waals surface area contributed by atoms with Gasteiger partial charge in [-0.05, 0) is 37.1 Å². The van der Waals surface area contributed by atoms with E-state index in [1.54, 1.807) is 17.0 Å². The van der Waals surface area contributed by atoms with E-state index in [9.17, 15) is 18.0 Å². The highest BCUT2D eigenvalue weighted by atomic mass is 19.1. The maximum absolute atomic E-state index is 14.0. The van der Waals surface area contributed by atoms with Gasteiger partial charge in [0.05, 0.1) is 17.7 Å². The third-order valence-electron chi connectivity index (χ3n) is 5.95. The predicted molar refractivity (Wildman–Crippen MR) is 118 cm³/mol. The van der Waals surface area contributed by atoms with Crippen LogP contribution in [0.3, 0.4) is 0 Å². The van der Waals surface area contributed by atoms with Gasteiger partial charge in [-0.2, -0.15) is 4.98 Å². The molecule has 0 saturated carbocycles. The van der Waals surface area contributed by atoms with Gasteiger partial charge in [0, 0.05) is 37.6 Å². The molecule has 0 N–H and O–H groups in total. The van der Waals surface area contributed by atoms with Gasteiger partial charge in [0.1, 0.15) is 17.5 Å². The van der Waals surface area contributed by atoms with Crippen LogP contribution in [0.15, 0.2) is 57.6 Å². The minimum absolute atomic E-state index is 0.0766. The van der Waals surface area contributed by atoms with Crippen molar-refractivity contribution >= 4 is 5.91 Å². The van der Waals surface area contributed by atoms with Crippen molar-refractivity contribution in [1.29, 1.82) is 0 Å². The number of aromatic nitrogens is 3. The maximum Gasteiger partial charge on any atom is 0.231 e. The van der Waals surface area contributed by atoms with Gasteiger partial charge in [-0.15, -0.1) is 0 Å². The van der Waals surface area contributed by atoms with Crippen molar-refractivity contribution in [1.82, 2.24) is 20.0 Å². The van der Waals surface area contributed by atoms with E-state index in [1.807, 2.05) is 0 Å². The molecule has 5 rings (SSSR count). The van der Waals surface area contributed by atoms with Crippen LogP contribution in [0.25, 0.3) is 22.7 Å². The number of hydrogen-bond donors (Lipinski definition) is 0. The molecular weight excluding hydrogens is 461 g/mol. The predicted octanol–water partition coefficient (Wildman–Crippen LogP) is 5.15. The summed E-state index contributed by atoms with van der Waals surface area (Å²) in [7, 11) is 0. The summed E-state index contributed by atoms with van der Waals surface area (Å²) < 4.78 is 51.6. The van der Waals surface area contributed by atoms with Gasteiger partial charge in [0.15, 0.2) is 11.7 Å². The lowest BCUT2D eigenvalue weighted by Gasteiger charge is -2.31. The Balaban J connectivity index is 1.19. The average molecular weight is 482 g/mol. The summed E-state index contributed by atoms with van der Waals surface area (Å²) in [6, 6.07) is 9.16. The fourth-order valence-corrected chi connectivity index (χ4v) is 4.16. The summed E-state index contributed by atoms with van der Waals surface area (Å²) >= 11 is 0. The van der Waals surface area contributed by atoms with Gasteiger partial charge in [-0.3, -0.25) is 4.79 Å². The first-order valence-electron chi connectivity index (χ1n) is 11.2. The third-order valence-corrected chi connectivity index (χ3v) is 5.95. The zero-order valence-corrected chi connectivity index (χ0v) is 18.6. The number of halogens is 3. The summed E-state index contributed by atoms with van der Waals surface area (Å²) in [6.45, 7) is 1.04. The lowest BCUT2D eigenvalue weighted by atomic mass is 9.97. The van der Waals surface area contributed by atoms with E-state index < -0.39 is 11.6 Å². The van der Waals surface area contributed by atoms with E-state index in [4.69, 9.17) is 8.94 Å². The van der Waals surface area contributed by atoms with Crippen molar-refractivity contribution in [3.05, 3.63) is 77.9 Å². The highest BCUT2D eigenvalue weighted by molar-refractivity contribution is 5.76. The zero-order chi connectivity index (χ0) is 24.4. The molecule has 180 valence electrons. The molecule has 2 aromatic carbocycles. The minimum atomic E-state index is -0.746. The van der Waals surface area contributed by atoms with Crippen LogP contribution < -0.4 is 0 Å².